The van der Waals surface area contributed by atoms with E-state index in [4.69, 9.17) is 0 Å². The molecule has 0 bridgehead atoms. The highest BCUT2D eigenvalue weighted by molar-refractivity contribution is 5.92. The zero-order valence-corrected chi connectivity index (χ0v) is 21.1. The van der Waals surface area contributed by atoms with Crippen LogP contribution < -0.4 is 10.6 Å². The molecule has 2 aromatic heterocycles. The maximum Gasteiger partial charge on any atom is 0.267 e. The number of amides is 2. The van der Waals surface area contributed by atoms with Gasteiger partial charge in [0.15, 0.2) is 0 Å². The molecule has 35 heavy (non-hydrogen) atoms. The van der Waals surface area contributed by atoms with Gasteiger partial charge < -0.3 is 25.1 Å². The zero-order valence-electron chi connectivity index (χ0n) is 21.1. The maximum atomic E-state index is 12.9. The molecule has 188 valence electrons. The van der Waals surface area contributed by atoms with Crippen LogP contribution in [0.1, 0.15) is 60.6 Å². The van der Waals surface area contributed by atoms with Gasteiger partial charge in [0.1, 0.15) is 5.69 Å². The van der Waals surface area contributed by atoms with Crippen molar-refractivity contribution >= 4 is 22.7 Å². The van der Waals surface area contributed by atoms with Gasteiger partial charge in [0, 0.05) is 56.5 Å². The van der Waals surface area contributed by atoms with E-state index >= 15 is 0 Å². The molecule has 0 radical (unpaired) electrons. The lowest BCUT2D eigenvalue weighted by Gasteiger charge is -2.32. The molecule has 1 saturated heterocycles. The van der Waals surface area contributed by atoms with Gasteiger partial charge >= 0.3 is 0 Å². The van der Waals surface area contributed by atoms with Crippen LogP contribution >= 0.6 is 0 Å². The fourth-order valence-electron chi connectivity index (χ4n) is 5.11. The fraction of sp³-hybridized carbons (Fsp3) is 0.500. The third-order valence-corrected chi connectivity index (χ3v) is 7.18. The van der Waals surface area contributed by atoms with Gasteiger partial charge in [-0.3, -0.25) is 9.59 Å². The molecule has 1 aliphatic heterocycles. The Morgan fingerprint density at radius 2 is 1.94 bits per heavy atom. The third kappa shape index (κ3) is 6.54. The van der Waals surface area contributed by atoms with Crippen molar-refractivity contribution in [1.29, 1.82) is 0 Å². The molecule has 0 atom stereocenters. The predicted octanol–water partition coefficient (Wildman–Crippen LogP) is 4.00. The van der Waals surface area contributed by atoms with Gasteiger partial charge in [-0.25, -0.2) is 0 Å². The number of nitrogens with zero attached hydrogens (tertiary/aromatic N) is 2. The number of aryl methyl sites for hydroxylation is 1. The van der Waals surface area contributed by atoms with Crippen LogP contribution in [0, 0.1) is 5.92 Å². The first kappa shape index (κ1) is 25.0. The molecule has 3 N–H and O–H groups in total. The number of aromatic amines is 1. The van der Waals surface area contributed by atoms with Crippen LogP contribution in [0.5, 0.6) is 0 Å². The summed E-state index contributed by atoms with van der Waals surface area (Å²) in [6.07, 6.45) is 9.85. The minimum atomic E-state index is -0.0363. The van der Waals surface area contributed by atoms with E-state index in [2.05, 4.69) is 45.4 Å². The van der Waals surface area contributed by atoms with Crippen molar-refractivity contribution in [1.82, 2.24) is 25.1 Å². The minimum Gasteiger partial charge on any atom is -0.357 e. The highest BCUT2D eigenvalue weighted by Gasteiger charge is 2.23. The number of carbonyl (C=O) groups excluding carboxylic acids is 2. The summed E-state index contributed by atoms with van der Waals surface area (Å²) in [5, 5.41) is 7.46. The van der Waals surface area contributed by atoms with E-state index < -0.39 is 0 Å². The first-order valence-electron chi connectivity index (χ1n) is 13.0. The lowest BCUT2D eigenvalue weighted by molar-refractivity contribution is -0.131. The molecule has 3 heterocycles. The number of nitrogens with one attached hydrogen (secondary N) is 3. The van der Waals surface area contributed by atoms with Crippen molar-refractivity contribution in [3.05, 3.63) is 59.5 Å². The number of carbonyl (C=O) groups is 2. The van der Waals surface area contributed by atoms with Gasteiger partial charge in [0.05, 0.1) is 6.42 Å². The molecule has 0 unspecified atom stereocenters. The third-order valence-electron chi connectivity index (χ3n) is 7.18. The van der Waals surface area contributed by atoms with Gasteiger partial charge in [0.25, 0.3) is 5.91 Å². The molecule has 3 aromatic rings. The summed E-state index contributed by atoms with van der Waals surface area (Å²) in [4.78, 5) is 30.3. The standard InChI is InChI=1S/C28H39N5O2/c1-3-29-18-22-16-25(31-19-22)28(35)30-13-7-6-8-21-11-14-33(15-12-21)27(34)17-23-20-32(2)26-10-5-4-9-24(23)26/h4-5,9-10,16,19-21,29,31H,3,6-8,11-15,17-18H2,1-2H3,(H,30,35). The van der Waals surface area contributed by atoms with E-state index in [1.54, 1.807) is 0 Å². The Labute approximate surface area is 208 Å². The van der Waals surface area contributed by atoms with Crippen molar-refractivity contribution < 1.29 is 9.59 Å². The maximum absolute atomic E-state index is 12.9. The summed E-state index contributed by atoms with van der Waals surface area (Å²) in [6.45, 7) is 6.15. The van der Waals surface area contributed by atoms with E-state index in [9.17, 15) is 9.59 Å². The molecule has 1 aromatic carbocycles. The number of benzene rings is 1. The highest BCUT2D eigenvalue weighted by atomic mass is 16.2. The average molecular weight is 478 g/mol. The summed E-state index contributed by atoms with van der Waals surface area (Å²) in [5.41, 5.74) is 4.01. The largest absolute Gasteiger partial charge is 0.357 e. The van der Waals surface area contributed by atoms with Gasteiger partial charge in [-0.2, -0.15) is 0 Å². The molecule has 7 nitrogen and oxygen atoms in total. The average Bonchev–Trinajstić information content (AvgIpc) is 3.48. The van der Waals surface area contributed by atoms with Crippen LogP contribution in [0.2, 0.25) is 0 Å². The highest BCUT2D eigenvalue weighted by Crippen LogP contribution is 2.25. The molecule has 4 rings (SSSR count). The molecule has 1 fully saturated rings. The van der Waals surface area contributed by atoms with E-state index in [0.29, 0.717) is 24.6 Å². The van der Waals surface area contributed by atoms with E-state index in [1.165, 1.54) is 10.9 Å². The van der Waals surface area contributed by atoms with E-state index in [1.807, 2.05) is 36.3 Å². The van der Waals surface area contributed by atoms with E-state index in [-0.39, 0.29) is 11.8 Å². The Morgan fingerprint density at radius 3 is 2.74 bits per heavy atom. The minimum absolute atomic E-state index is 0.0363. The number of rotatable bonds is 11. The molecule has 1 aliphatic rings. The zero-order chi connectivity index (χ0) is 24.6. The quantitative estimate of drug-likeness (QED) is 0.365. The normalized spacial score (nSPS) is 14.5. The Morgan fingerprint density at radius 1 is 1.14 bits per heavy atom. The number of fused-ring (bicyclic) bond motifs is 1. The number of likely N-dealkylation sites (tertiary alicyclic amines) is 1. The van der Waals surface area contributed by atoms with Crippen LogP contribution in [0.3, 0.4) is 0 Å². The number of hydrogen-bond donors (Lipinski definition) is 3. The number of unbranched alkanes of at least 4 members (excludes halogenated alkanes) is 1. The van der Waals surface area contributed by atoms with Crippen molar-refractivity contribution in [2.45, 2.75) is 52.0 Å². The lowest BCUT2D eigenvalue weighted by Crippen LogP contribution is -2.39. The fourth-order valence-corrected chi connectivity index (χ4v) is 5.11. The number of H-pyrrole nitrogens is 1. The Bertz CT molecular complexity index is 1120. The molecule has 0 aliphatic carbocycles. The summed E-state index contributed by atoms with van der Waals surface area (Å²) < 4.78 is 2.10. The number of piperidine rings is 1. The second kappa shape index (κ2) is 12.1. The molecule has 0 spiro atoms. The van der Waals surface area contributed by atoms with Gasteiger partial charge in [-0.15, -0.1) is 0 Å². The van der Waals surface area contributed by atoms with Crippen molar-refractivity contribution in [3.63, 3.8) is 0 Å². The number of hydrogen-bond acceptors (Lipinski definition) is 3. The topological polar surface area (TPSA) is 82.2 Å². The van der Waals surface area contributed by atoms with Crippen LogP contribution in [-0.4, -0.2) is 52.4 Å². The SMILES string of the molecule is CCNCc1c[nH]c(C(=O)NCCCCC2CCN(C(=O)Cc3cn(C)c4ccccc34)CC2)c1. The van der Waals surface area contributed by atoms with Crippen molar-refractivity contribution in [2.75, 3.05) is 26.2 Å². The Balaban J connectivity index is 1.12. The lowest BCUT2D eigenvalue weighted by atomic mass is 9.91. The molecular formula is C28H39N5O2. The first-order valence-corrected chi connectivity index (χ1v) is 13.0. The molecular weight excluding hydrogens is 438 g/mol. The van der Waals surface area contributed by atoms with Crippen LogP contribution in [0.25, 0.3) is 10.9 Å². The summed E-state index contributed by atoms with van der Waals surface area (Å²) in [5.74, 6) is 0.871. The first-order chi connectivity index (χ1) is 17.0. The van der Waals surface area contributed by atoms with Gasteiger partial charge in [-0.05, 0) is 55.0 Å². The van der Waals surface area contributed by atoms with Crippen LogP contribution in [-0.2, 0) is 24.8 Å². The second-order valence-corrected chi connectivity index (χ2v) is 9.74. The number of aromatic nitrogens is 2. The molecule has 0 saturated carbocycles. The number of para-hydroxylation sites is 1. The summed E-state index contributed by atoms with van der Waals surface area (Å²) in [6, 6.07) is 10.2. The Kier molecular flexibility index (Phi) is 8.64. The smallest absolute Gasteiger partial charge is 0.267 e. The van der Waals surface area contributed by atoms with Crippen LogP contribution in [0.15, 0.2) is 42.7 Å². The summed E-state index contributed by atoms with van der Waals surface area (Å²) in [7, 11) is 2.04. The predicted molar refractivity (Wildman–Crippen MR) is 140 cm³/mol. The van der Waals surface area contributed by atoms with Crippen LogP contribution in [0.4, 0.5) is 0 Å². The van der Waals surface area contributed by atoms with Crippen molar-refractivity contribution in [2.24, 2.45) is 13.0 Å². The molecule has 7 heteroatoms. The van der Waals surface area contributed by atoms with Gasteiger partial charge in [-0.1, -0.05) is 38.0 Å². The van der Waals surface area contributed by atoms with Gasteiger partial charge in [0.2, 0.25) is 5.91 Å². The second-order valence-electron chi connectivity index (χ2n) is 9.74. The van der Waals surface area contributed by atoms with Crippen molar-refractivity contribution in [3.8, 4) is 0 Å². The monoisotopic (exact) mass is 477 g/mol. The Hall–Kier alpha value is -3.06. The summed E-state index contributed by atoms with van der Waals surface area (Å²) >= 11 is 0. The molecule has 2 amide bonds. The van der Waals surface area contributed by atoms with E-state index in [0.717, 1.165) is 69.4 Å².